The Morgan fingerprint density at radius 2 is 1.03 bits per heavy atom. The molecule has 1 aliphatic rings. The first-order valence-corrected chi connectivity index (χ1v) is 23.7. The highest BCUT2D eigenvalue weighted by Crippen LogP contribution is 2.48. The van der Waals surface area contributed by atoms with Crippen molar-refractivity contribution in [1.82, 2.24) is 9.55 Å². The Bertz CT molecular complexity index is 3080. The molecule has 66 heavy (non-hydrogen) atoms. The highest BCUT2D eigenvalue weighted by Gasteiger charge is 2.32. The normalized spacial score (nSPS) is 13.8. The van der Waals surface area contributed by atoms with E-state index >= 15 is 0 Å². The van der Waals surface area contributed by atoms with Crippen molar-refractivity contribution in [2.75, 3.05) is 16.5 Å². The van der Waals surface area contributed by atoms with Gasteiger partial charge in [-0.25, -0.2) is 4.98 Å². The second kappa shape index (κ2) is 15.9. The molecule has 0 N–H and O–H groups in total. The van der Waals surface area contributed by atoms with Crippen LogP contribution in [0.2, 0.25) is 0 Å². The van der Waals surface area contributed by atoms with Gasteiger partial charge in [0.2, 0.25) is 0 Å². The molecule has 5 heteroatoms. The second-order valence-corrected chi connectivity index (χ2v) is 23.2. The minimum Gasteiger partial charge on any atom is -0.457 e. The number of hydrogen-bond acceptors (Lipinski definition) is 4. The summed E-state index contributed by atoms with van der Waals surface area (Å²) in [6, 6.07) is 51.4. The summed E-state index contributed by atoms with van der Waals surface area (Å²) < 4.78 is 9.21. The summed E-state index contributed by atoms with van der Waals surface area (Å²) in [5.74, 6) is 2.45. The molecule has 6 aromatic carbocycles. The summed E-state index contributed by atoms with van der Waals surface area (Å²) in [5, 5.41) is 2.35. The Morgan fingerprint density at radius 1 is 0.409 bits per heavy atom. The van der Waals surface area contributed by atoms with Gasteiger partial charge in [-0.1, -0.05) is 152 Å². The van der Waals surface area contributed by atoms with Crippen LogP contribution in [-0.2, 0) is 27.1 Å². The number of benzene rings is 6. The number of aromatic nitrogens is 2. The Balaban J connectivity index is 1.13. The molecular weight excluding hydrogens is 805 g/mol. The van der Waals surface area contributed by atoms with Crippen LogP contribution in [0.25, 0.3) is 27.6 Å². The molecule has 0 amide bonds. The molecule has 0 radical (unpaired) electrons. The minimum atomic E-state index is -0.185. The fourth-order valence-electron chi connectivity index (χ4n) is 9.38. The molecule has 0 atom stereocenters. The molecule has 338 valence electrons. The van der Waals surface area contributed by atoms with Crippen LogP contribution < -0.4 is 14.5 Å². The van der Waals surface area contributed by atoms with Crippen molar-refractivity contribution in [3.63, 3.8) is 0 Å². The molecule has 0 spiro atoms. The maximum Gasteiger partial charge on any atom is 0.137 e. The Labute approximate surface area is 394 Å². The van der Waals surface area contributed by atoms with Crippen LogP contribution >= 0.6 is 0 Å². The predicted octanol–water partition coefficient (Wildman–Crippen LogP) is 16.7. The van der Waals surface area contributed by atoms with Gasteiger partial charge in [0.05, 0.1) is 22.4 Å². The van der Waals surface area contributed by atoms with Gasteiger partial charge in [-0.3, -0.25) is 4.57 Å². The third kappa shape index (κ3) is 8.38. The number of rotatable bonds is 7. The smallest absolute Gasteiger partial charge is 0.137 e. The minimum absolute atomic E-state index is 0.00497. The van der Waals surface area contributed by atoms with Gasteiger partial charge in [-0.05, 0) is 128 Å². The number of pyridine rings is 1. The number of fused-ring (bicyclic) bond motifs is 4. The first-order chi connectivity index (χ1) is 31.0. The van der Waals surface area contributed by atoms with E-state index in [4.69, 9.17) is 9.72 Å². The van der Waals surface area contributed by atoms with Crippen molar-refractivity contribution in [3.8, 4) is 17.3 Å². The number of anilines is 4. The SMILES string of the molecule is CC(C)(C)c1cc(N2CN(c3cccc(Oc4ccc5c6cc(C(C)(C)c7ccccc7)ccc6n(-c6cc(C(C)(C)C)ccn6)c5c4)c3)c3cc(C(C)(C)C)ccc32)cc(C(C)(C)C)c1. The van der Waals surface area contributed by atoms with Crippen LogP contribution in [0.3, 0.4) is 0 Å². The monoisotopic (exact) mass is 873 g/mol. The van der Waals surface area contributed by atoms with E-state index < -0.39 is 0 Å². The average molecular weight is 873 g/mol. The van der Waals surface area contributed by atoms with Crippen molar-refractivity contribution in [2.45, 2.75) is 124 Å². The zero-order chi connectivity index (χ0) is 47.1. The van der Waals surface area contributed by atoms with Gasteiger partial charge in [-0.15, -0.1) is 0 Å². The van der Waals surface area contributed by atoms with Crippen LogP contribution in [0.4, 0.5) is 22.7 Å². The van der Waals surface area contributed by atoms with Crippen molar-refractivity contribution in [1.29, 1.82) is 0 Å². The Hall–Kier alpha value is -6.33. The Morgan fingerprint density at radius 3 is 1.70 bits per heavy atom. The van der Waals surface area contributed by atoms with Crippen LogP contribution in [0.15, 0.2) is 146 Å². The first kappa shape index (κ1) is 44.9. The van der Waals surface area contributed by atoms with Crippen LogP contribution in [0.5, 0.6) is 11.5 Å². The highest BCUT2D eigenvalue weighted by atomic mass is 16.5. The average Bonchev–Trinajstić information content (AvgIpc) is 3.81. The molecule has 1 aliphatic heterocycles. The third-order valence-electron chi connectivity index (χ3n) is 13.8. The Kier molecular flexibility index (Phi) is 10.8. The fraction of sp³-hybridized carbons (Fsp3) is 0.328. The van der Waals surface area contributed by atoms with E-state index in [1.807, 2.05) is 6.20 Å². The van der Waals surface area contributed by atoms with E-state index in [0.29, 0.717) is 6.67 Å². The predicted molar refractivity (Wildman–Crippen MR) is 280 cm³/mol. The third-order valence-corrected chi connectivity index (χ3v) is 13.8. The van der Waals surface area contributed by atoms with E-state index in [9.17, 15) is 0 Å². The summed E-state index contributed by atoms with van der Waals surface area (Å²) in [6.45, 7) is 32.8. The topological polar surface area (TPSA) is 33.5 Å². The van der Waals surface area contributed by atoms with Crippen molar-refractivity contribution >= 4 is 44.6 Å². The van der Waals surface area contributed by atoms with Gasteiger partial charge >= 0.3 is 0 Å². The fourth-order valence-corrected chi connectivity index (χ4v) is 9.38. The van der Waals surface area contributed by atoms with Crippen molar-refractivity contribution in [2.24, 2.45) is 0 Å². The molecular formula is C61H68N4O. The molecule has 0 fully saturated rings. The summed E-state index contributed by atoms with van der Waals surface area (Å²) in [7, 11) is 0. The lowest BCUT2D eigenvalue weighted by Gasteiger charge is -2.29. The number of ether oxygens (including phenoxy) is 1. The van der Waals surface area contributed by atoms with Crippen molar-refractivity contribution < 1.29 is 4.74 Å². The van der Waals surface area contributed by atoms with Gasteiger partial charge in [0.25, 0.3) is 0 Å². The molecule has 0 saturated heterocycles. The van der Waals surface area contributed by atoms with Gasteiger partial charge in [0, 0.05) is 45.9 Å². The molecule has 2 aromatic heterocycles. The van der Waals surface area contributed by atoms with Gasteiger partial charge in [-0.2, -0.15) is 0 Å². The molecule has 5 nitrogen and oxygen atoms in total. The summed E-state index contributed by atoms with van der Waals surface area (Å²) in [6.07, 6.45) is 1.94. The van der Waals surface area contributed by atoms with Gasteiger partial charge in [0.15, 0.2) is 0 Å². The van der Waals surface area contributed by atoms with Crippen LogP contribution in [0.1, 0.15) is 130 Å². The number of nitrogens with zero attached hydrogens (tertiary/aromatic N) is 4. The quantitative estimate of drug-likeness (QED) is 0.160. The molecule has 0 aliphatic carbocycles. The highest BCUT2D eigenvalue weighted by molar-refractivity contribution is 6.10. The molecule has 3 heterocycles. The van der Waals surface area contributed by atoms with Crippen molar-refractivity contribution in [3.05, 3.63) is 179 Å². The largest absolute Gasteiger partial charge is 0.457 e. The molecule has 0 saturated carbocycles. The summed E-state index contributed by atoms with van der Waals surface area (Å²) >= 11 is 0. The second-order valence-electron chi connectivity index (χ2n) is 23.2. The molecule has 0 unspecified atom stereocenters. The maximum atomic E-state index is 6.90. The summed E-state index contributed by atoms with van der Waals surface area (Å²) in [5.41, 5.74) is 14.4. The zero-order valence-electron chi connectivity index (χ0n) is 41.8. The van der Waals surface area contributed by atoms with E-state index in [2.05, 4.69) is 251 Å². The van der Waals surface area contributed by atoms with E-state index in [0.717, 1.165) is 39.4 Å². The van der Waals surface area contributed by atoms with E-state index in [1.165, 1.54) is 55.8 Å². The van der Waals surface area contributed by atoms with Crippen LogP contribution in [0, 0.1) is 0 Å². The zero-order valence-corrected chi connectivity index (χ0v) is 41.8. The lowest BCUT2D eigenvalue weighted by Crippen LogP contribution is -2.25. The molecule has 0 bridgehead atoms. The lowest BCUT2D eigenvalue weighted by atomic mass is 9.78. The van der Waals surface area contributed by atoms with Gasteiger partial charge in [0.1, 0.15) is 24.0 Å². The lowest BCUT2D eigenvalue weighted by molar-refractivity contribution is 0.483. The molecule has 8 aromatic rings. The summed E-state index contributed by atoms with van der Waals surface area (Å²) in [4.78, 5) is 9.93. The standard InChI is InChI=1S/C61H68N4O/c1-57(2,3)41-23-28-53-55(35-41)63(39-64(53)47-32-44(59(7,8)9)31-45(33-47)60(10,11)12)46-21-18-22-48(37-46)66-49-25-26-50-51-34-43(61(13,14)40-19-16-15-17-20-40)24-27-52(51)65(54(50)38-49)56-36-42(29-30-62-56)58(4,5)6/h15-38H,39H2,1-14H3. The number of hydrogen-bond donors (Lipinski definition) is 0. The van der Waals surface area contributed by atoms with E-state index in [-0.39, 0.29) is 27.1 Å². The molecule has 9 rings (SSSR count). The maximum absolute atomic E-state index is 6.90. The first-order valence-electron chi connectivity index (χ1n) is 23.7. The van der Waals surface area contributed by atoms with Gasteiger partial charge < -0.3 is 14.5 Å². The van der Waals surface area contributed by atoms with E-state index in [1.54, 1.807) is 0 Å². The van der Waals surface area contributed by atoms with Crippen LogP contribution in [-0.4, -0.2) is 16.2 Å².